The molecule has 4 rings (SSSR count). The lowest BCUT2D eigenvalue weighted by molar-refractivity contribution is -0.117. The van der Waals surface area contributed by atoms with Crippen LogP contribution in [-0.2, 0) is 11.3 Å². The van der Waals surface area contributed by atoms with Crippen LogP contribution in [0, 0.1) is 0 Å². The van der Waals surface area contributed by atoms with E-state index < -0.39 is 0 Å². The van der Waals surface area contributed by atoms with Crippen LogP contribution >= 0.6 is 0 Å². The second-order valence-electron chi connectivity index (χ2n) is 8.26. The van der Waals surface area contributed by atoms with Crippen molar-refractivity contribution in [1.82, 2.24) is 10.6 Å². The van der Waals surface area contributed by atoms with Gasteiger partial charge in [-0.25, -0.2) is 4.99 Å². The van der Waals surface area contributed by atoms with Crippen LogP contribution in [-0.4, -0.2) is 51.2 Å². The number of para-hydroxylation sites is 2. The maximum atomic E-state index is 11.9. The molecule has 2 heterocycles. The summed E-state index contributed by atoms with van der Waals surface area (Å²) in [6, 6.07) is 16.7. The quantitative estimate of drug-likeness (QED) is 0.517. The van der Waals surface area contributed by atoms with Crippen LogP contribution in [0.5, 0.6) is 5.75 Å². The molecule has 2 N–H and O–H groups in total. The molecule has 1 amide bonds. The minimum atomic E-state index is 0.216. The summed E-state index contributed by atoms with van der Waals surface area (Å²) in [5.74, 6) is 1.96. The van der Waals surface area contributed by atoms with Crippen LogP contribution in [0.3, 0.4) is 0 Å². The van der Waals surface area contributed by atoms with Crippen molar-refractivity contribution in [2.75, 3.05) is 43.1 Å². The first-order valence-corrected chi connectivity index (χ1v) is 11.5. The van der Waals surface area contributed by atoms with E-state index in [2.05, 4.69) is 46.7 Å². The van der Waals surface area contributed by atoms with Gasteiger partial charge in [-0.2, -0.15) is 0 Å². The van der Waals surface area contributed by atoms with Crippen molar-refractivity contribution < 1.29 is 9.53 Å². The summed E-state index contributed by atoms with van der Waals surface area (Å²) < 4.78 is 5.53. The van der Waals surface area contributed by atoms with Gasteiger partial charge in [0.25, 0.3) is 0 Å². The summed E-state index contributed by atoms with van der Waals surface area (Å²) in [4.78, 5) is 21.0. The second-order valence-corrected chi connectivity index (χ2v) is 8.26. The molecular formula is C25H33N5O2. The van der Waals surface area contributed by atoms with E-state index in [-0.39, 0.29) is 5.91 Å². The molecule has 170 valence electrons. The molecule has 0 saturated carbocycles. The highest BCUT2D eigenvalue weighted by molar-refractivity contribution is 5.95. The van der Waals surface area contributed by atoms with Crippen LogP contribution in [0.15, 0.2) is 53.5 Å². The van der Waals surface area contributed by atoms with Crippen molar-refractivity contribution in [2.24, 2.45) is 4.99 Å². The van der Waals surface area contributed by atoms with Gasteiger partial charge in [-0.1, -0.05) is 24.3 Å². The van der Waals surface area contributed by atoms with Crippen LogP contribution in [0.2, 0.25) is 0 Å². The maximum Gasteiger partial charge on any atom is 0.227 e. The van der Waals surface area contributed by atoms with Crippen LogP contribution in [0.1, 0.15) is 31.7 Å². The van der Waals surface area contributed by atoms with E-state index in [1.54, 1.807) is 7.11 Å². The molecule has 2 fully saturated rings. The number of benzene rings is 2. The maximum absolute atomic E-state index is 11.9. The Balaban J connectivity index is 1.36. The number of guanidine groups is 1. The van der Waals surface area contributed by atoms with E-state index >= 15 is 0 Å². The molecule has 1 unspecified atom stereocenters. The summed E-state index contributed by atoms with van der Waals surface area (Å²) in [6.45, 7) is 6.18. The van der Waals surface area contributed by atoms with Crippen LogP contribution < -0.4 is 25.2 Å². The zero-order chi connectivity index (χ0) is 22.3. The highest BCUT2D eigenvalue weighted by Gasteiger charge is 2.25. The number of amides is 1. The average molecular weight is 436 g/mol. The molecule has 0 bridgehead atoms. The number of nitrogens with one attached hydrogen (secondary N) is 2. The summed E-state index contributed by atoms with van der Waals surface area (Å²) in [5, 5.41) is 6.95. The lowest BCUT2D eigenvalue weighted by Gasteiger charge is -2.22. The van der Waals surface area contributed by atoms with Gasteiger partial charge < -0.3 is 25.2 Å². The van der Waals surface area contributed by atoms with Gasteiger partial charge in [0.05, 0.1) is 19.3 Å². The highest BCUT2D eigenvalue weighted by atomic mass is 16.5. The van der Waals surface area contributed by atoms with Gasteiger partial charge in [0.15, 0.2) is 5.96 Å². The van der Waals surface area contributed by atoms with Gasteiger partial charge in [-0.15, -0.1) is 0 Å². The Bertz CT molecular complexity index is 944. The Morgan fingerprint density at radius 2 is 1.97 bits per heavy atom. The minimum Gasteiger partial charge on any atom is -0.495 e. The van der Waals surface area contributed by atoms with E-state index in [0.29, 0.717) is 19.0 Å². The summed E-state index contributed by atoms with van der Waals surface area (Å²) in [5.41, 5.74) is 3.24. The van der Waals surface area contributed by atoms with Crippen molar-refractivity contribution in [3.8, 4) is 5.75 Å². The number of hydrogen-bond donors (Lipinski definition) is 2. The van der Waals surface area contributed by atoms with Gasteiger partial charge in [-0.3, -0.25) is 4.79 Å². The average Bonchev–Trinajstić information content (AvgIpc) is 3.47. The second kappa shape index (κ2) is 10.4. The molecule has 2 saturated heterocycles. The molecule has 32 heavy (non-hydrogen) atoms. The van der Waals surface area contributed by atoms with E-state index in [9.17, 15) is 4.79 Å². The number of aliphatic imine (C=N–C) groups is 1. The van der Waals surface area contributed by atoms with Crippen molar-refractivity contribution in [1.29, 1.82) is 0 Å². The number of carbonyl (C=O) groups is 1. The van der Waals surface area contributed by atoms with Crippen molar-refractivity contribution in [3.05, 3.63) is 54.1 Å². The van der Waals surface area contributed by atoms with Crippen molar-refractivity contribution in [3.63, 3.8) is 0 Å². The number of anilines is 2. The molecule has 2 aliphatic heterocycles. The van der Waals surface area contributed by atoms with E-state index in [0.717, 1.165) is 67.7 Å². The van der Waals surface area contributed by atoms with Gasteiger partial charge >= 0.3 is 0 Å². The standard InChI is InChI=1S/C25H33N5O2/c1-3-26-25(27-17-19-10-12-21(13-11-19)30-15-6-9-24(30)31)28-20-14-16-29(18-20)22-7-4-5-8-23(22)32-2/h4-5,7-8,10-13,20H,3,6,9,14-18H2,1-2H3,(H2,26,27,28). The molecule has 2 aromatic rings. The molecule has 2 aliphatic rings. The number of ether oxygens (including phenoxy) is 1. The molecule has 0 aliphatic carbocycles. The van der Waals surface area contributed by atoms with E-state index in [4.69, 9.17) is 9.73 Å². The zero-order valence-corrected chi connectivity index (χ0v) is 19.0. The van der Waals surface area contributed by atoms with E-state index in [1.807, 2.05) is 29.2 Å². The smallest absolute Gasteiger partial charge is 0.227 e. The first-order valence-electron chi connectivity index (χ1n) is 11.5. The fourth-order valence-electron chi connectivity index (χ4n) is 4.37. The minimum absolute atomic E-state index is 0.216. The zero-order valence-electron chi connectivity index (χ0n) is 19.0. The van der Waals surface area contributed by atoms with Crippen LogP contribution in [0.25, 0.3) is 0 Å². The number of rotatable bonds is 7. The molecule has 7 heteroatoms. The van der Waals surface area contributed by atoms with Gasteiger partial charge in [-0.05, 0) is 49.6 Å². The predicted molar refractivity (Wildman–Crippen MR) is 130 cm³/mol. The predicted octanol–water partition coefficient (Wildman–Crippen LogP) is 3.16. The monoisotopic (exact) mass is 435 g/mol. The Morgan fingerprint density at radius 3 is 2.69 bits per heavy atom. The molecule has 0 radical (unpaired) electrons. The highest BCUT2D eigenvalue weighted by Crippen LogP contribution is 2.30. The fourth-order valence-corrected chi connectivity index (χ4v) is 4.37. The molecule has 7 nitrogen and oxygen atoms in total. The molecule has 0 spiro atoms. The Labute approximate surface area is 190 Å². The number of nitrogens with zero attached hydrogens (tertiary/aromatic N) is 3. The fraction of sp³-hybridized carbons (Fsp3) is 0.440. The molecule has 1 atom stereocenters. The van der Waals surface area contributed by atoms with Crippen molar-refractivity contribution >= 4 is 23.2 Å². The first-order chi connectivity index (χ1) is 15.7. The normalized spacial score (nSPS) is 18.9. The Kier molecular flexibility index (Phi) is 7.14. The summed E-state index contributed by atoms with van der Waals surface area (Å²) >= 11 is 0. The third-order valence-electron chi connectivity index (χ3n) is 6.04. The van der Waals surface area contributed by atoms with E-state index in [1.165, 1.54) is 0 Å². The molecular weight excluding hydrogens is 402 g/mol. The van der Waals surface area contributed by atoms with Gasteiger partial charge in [0.2, 0.25) is 5.91 Å². The van der Waals surface area contributed by atoms with Crippen molar-refractivity contribution in [2.45, 2.75) is 38.8 Å². The first kappa shape index (κ1) is 22.0. The van der Waals surface area contributed by atoms with Gasteiger partial charge in [0, 0.05) is 44.3 Å². The lowest BCUT2D eigenvalue weighted by Crippen LogP contribution is -2.44. The van der Waals surface area contributed by atoms with Crippen LogP contribution in [0.4, 0.5) is 11.4 Å². The molecule has 0 aromatic heterocycles. The SMILES string of the molecule is CCNC(=NCc1ccc(N2CCCC2=O)cc1)NC1CCN(c2ccccc2OC)C1. The summed E-state index contributed by atoms with van der Waals surface area (Å²) in [7, 11) is 1.72. The topological polar surface area (TPSA) is 69.2 Å². The Morgan fingerprint density at radius 1 is 1.16 bits per heavy atom. The number of hydrogen-bond acceptors (Lipinski definition) is 4. The third-order valence-corrected chi connectivity index (χ3v) is 6.04. The lowest BCUT2D eigenvalue weighted by atomic mass is 10.2. The van der Waals surface area contributed by atoms with Gasteiger partial charge in [0.1, 0.15) is 5.75 Å². The Hall–Kier alpha value is -3.22. The largest absolute Gasteiger partial charge is 0.495 e. The summed E-state index contributed by atoms with van der Waals surface area (Å²) in [6.07, 6.45) is 2.64. The number of carbonyl (C=O) groups excluding carboxylic acids is 1. The molecule has 2 aromatic carbocycles. The third kappa shape index (κ3) is 5.15. The number of methoxy groups -OCH3 is 1.